The number of rotatable bonds is 0. The van der Waals surface area contributed by atoms with Crippen molar-refractivity contribution in [2.75, 3.05) is 21.1 Å². The molecule has 0 aromatic rings. The van der Waals surface area contributed by atoms with Crippen LogP contribution in [0.25, 0.3) is 0 Å². The molecular weight excluding hydrogens is 146 g/mol. The Kier molecular flexibility index (Phi) is 19.6. The summed E-state index contributed by atoms with van der Waals surface area (Å²) in [6, 6.07) is 0. The Morgan fingerprint density at radius 1 is 1.00 bits per heavy atom. The molecule has 0 aliphatic carbocycles. The molecular formula is C11H27N. The SMILES string of the molecule is C=C(C)C.CC(C)C.CN(C)C. The van der Waals surface area contributed by atoms with E-state index in [-0.39, 0.29) is 0 Å². The Labute approximate surface area is 79.5 Å². The number of allylic oxidation sites excluding steroid dienone is 1. The summed E-state index contributed by atoms with van der Waals surface area (Å²) in [5, 5.41) is 0. The number of nitrogens with zero attached hydrogens (tertiary/aromatic N) is 1. The van der Waals surface area contributed by atoms with Crippen molar-refractivity contribution in [2.24, 2.45) is 5.92 Å². The Morgan fingerprint density at radius 2 is 1.00 bits per heavy atom. The van der Waals surface area contributed by atoms with Crippen molar-refractivity contribution in [3.05, 3.63) is 12.2 Å². The Hall–Kier alpha value is -0.300. The third-order valence-corrected chi connectivity index (χ3v) is 0. The average Bonchev–Trinajstić information content (AvgIpc) is 1.54. The molecule has 0 saturated carbocycles. The van der Waals surface area contributed by atoms with Crippen molar-refractivity contribution in [1.29, 1.82) is 0 Å². The lowest BCUT2D eigenvalue weighted by Crippen LogP contribution is -1.99. The van der Waals surface area contributed by atoms with Crippen LogP contribution in [0.5, 0.6) is 0 Å². The van der Waals surface area contributed by atoms with E-state index in [0.29, 0.717) is 0 Å². The molecule has 0 fully saturated rings. The summed E-state index contributed by atoms with van der Waals surface area (Å²) in [6.07, 6.45) is 0. The van der Waals surface area contributed by atoms with Crippen molar-refractivity contribution >= 4 is 0 Å². The summed E-state index contributed by atoms with van der Waals surface area (Å²) < 4.78 is 0. The van der Waals surface area contributed by atoms with Crippen LogP contribution in [0.1, 0.15) is 34.6 Å². The van der Waals surface area contributed by atoms with E-state index in [0.717, 1.165) is 5.92 Å². The Bertz CT molecular complexity index is 67.5. The first-order valence-corrected chi connectivity index (χ1v) is 4.43. The van der Waals surface area contributed by atoms with E-state index in [1.807, 2.05) is 39.9 Å². The molecule has 1 heteroatoms. The van der Waals surface area contributed by atoms with Crippen LogP contribution < -0.4 is 0 Å². The van der Waals surface area contributed by atoms with E-state index in [1.54, 1.807) is 0 Å². The first-order valence-electron chi connectivity index (χ1n) is 4.43. The second-order valence-corrected chi connectivity index (χ2v) is 4.28. The molecule has 1 nitrogen and oxygen atoms in total. The van der Waals surface area contributed by atoms with Gasteiger partial charge in [-0.2, -0.15) is 0 Å². The minimum atomic E-state index is 0.833. The molecule has 0 aromatic heterocycles. The van der Waals surface area contributed by atoms with Gasteiger partial charge in [0, 0.05) is 0 Å². The molecule has 0 unspecified atom stereocenters. The van der Waals surface area contributed by atoms with Crippen LogP contribution in [0.15, 0.2) is 12.2 Å². The summed E-state index contributed by atoms with van der Waals surface area (Å²) >= 11 is 0. The van der Waals surface area contributed by atoms with Crippen LogP contribution in [0.3, 0.4) is 0 Å². The minimum Gasteiger partial charge on any atom is -0.312 e. The van der Waals surface area contributed by atoms with Gasteiger partial charge in [0.2, 0.25) is 0 Å². The van der Waals surface area contributed by atoms with E-state index in [4.69, 9.17) is 0 Å². The lowest BCUT2D eigenvalue weighted by Gasteiger charge is -1.90. The molecule has 76 valence electrons. The molecule has 0 aliphatic rings. The van der Waals surface area contributed by atoms with Crippen LogP contribution in [0, 0.1) is 5.92 Å². The molecule has 0 amide bonds. The molecule has 0 heterocycles. The monoisotopic (exact) mass is 173 g/mol. The Balaban J connectivity index is -0.000000101. The topological polar surface area (TPSA) is 3.24 Å². The van der Waals surface area contributed by atoms with Crippen molar-refractivity contribution in [3.63, 3.8) is 0 Å². The smallest absolute Gasteiger partial charge is 0.0140 e. The molecule has 0 saturated heterocycles. The quantitative estimate of drug-likeness (QED) is 0.507. The normalized spacial score (nSPS) is 8.17. The summed E-state index contributed by atoms with van der Waals surface area (Å²) in [5.74, 6) is 0.833. The highest BCUT2D eigenvalue weighted by molar-refractivity contribution is 4.78. The second kappa shape index (κ2) is 13.3. The van der Waals surface area contributed by atoms with Gasteiger partial charge in [-0.25, -0.2) is 0 Å². The summed E-state index contributed by atoms with van der Waals surface area (Å²) in [5.41, 5.74) is 1.17. The van der Waals surface area contributed by atoms with Gasteiger partial charge in [-0.15, -0.1) is 6.58 Å². The first kappa shape index (κ1) is 17.7. The molecule has 0 aromatic carbocycles. The molecule has 0 radical (unpaired) electrons. The maximum atomic E-state index is 3.56. The van der Waals surface area contributed by atoms with Gasteiger partial charge in [0.05, 0.1) is 0 Å². The molecule has 0 N–H and O–H groups in total. The van der Waals surface area contributed by atoms with Crippen molar-refractivity contribution in [3.8, 4) is 0 Å². The van der Waals surface area contributed by atoms with Crippen molar-refractivity contribution in [1.82, 2.24) is 4.90 Å². The van der Waals surface area contributed by atoms with Gasteiger partial charge in [0.15, 0.2) is 0 Å². The lowest BCUT2D eigenvalue weighted by molar-refractivity contribution is 0.505. The Morgan fingerprint density at radius 3 is 1.00 bits per heavy atom. The van der Waals surface area contributed by atoms with Crippen molar-refractivity contribution < 1.29 is 0 Å². The molecule has 0 rings (SSSR count). The maximum Gasteiger partial charge on any atom is -0.0140 e. The van der Waals surface area contributed by atoms with Gasteiger partial charge in [-0.3, -0.25) is 0 Å². The highest BCUT2D eigenvalue weighted by atomic mass is 15.0. The van der Waals surface area contributed by atoms with Gasteiger partial charge in [0.1, 0.15) is 0 Å². The summed E-state index contributed by atoms with van der Waals surface area (Å²) in [6.45, 7) is 14.0. The summed E-state index contributed by atoms with van der Waals surface area (Å²) in [4.78, 5) is 2.00. The highest BCUT2D eigenvalue weighted by Crippen LogP contribution is 1.81. The van der Waals surface area contributed by atoms with Crippen LogP contribution in [0.4, 0.5) is 0 Å². The predicted octanol–water partition coefficient (Wildman–Crippen LogP) is 3.42. The number of hydrogen-bond acceptors (Lipinski definition) is 1. The van der Waals surface area contributed by atoms with E-state index < -0.39 is 0 Å². The fraction of sp³-hybridized carbons (Fsp3) is 0.818. The maximum absolute atomic E-state index is 3.56. The minimum absolute atomic E-state index is 0.833. The molecule has 0 bridgehead atoms. The molecule has 0 spiro atoms. The van der Waals surface area contributed by atoms with Gasteiger partial charge < -0.3 is 4.90 Å². The zero-order valence-corrected chi connectivity index (χ0v) is 10.2. The van der Waals surface area contributed by atoms with Gasteiger partial charge >= 0.3 is 0 Å². The number of hydrogen-bond donors (Lipinski definition) is 0. The van der Waals surface area contributed by atoms with Crippen LogP contribution in [-0.4, -0.2) is 26.0 Å². The molecule has 0 aliphatic heterocycles. The van der Waals surface area contributed by atoms with E-state index in [1.165, 1.54) is 5.57 Å². The lowest BCUT2D eigenvalue weighted by atomic mass is 10.3. The van der Waals surface area contributed by atoms with Crippen LogP contribution in [-0.2, 0) is 0 Å². The van der Waals surface area contributed by atoms with Crippen LogP contribution >= 0.6 is 0 Å². The predicted molar refractivity (Wildman–Crippen MR) is 60.6 cm³/mol. The average molecular weight is 173 g/mol. The standard InChI is InChI=1S/C4H10.C4H8.C3H9N/c3*1-4(2)3/h4H,1-3H3;1H2,2-3H3;1-3H3. The van der Waals surface area contributed by atoms with Gasteiger partial charge in [-0.05, 0) is 40.9 Å². The van der Waals surface area contributed by atoms with Gasteiger partial charge in [-0.1, -0.05) is 26.3 Å². The van der Waals surface area contributed by atoms with Crippen LogP contribution in [0.2, 0.25) is 0 Å². The fourth-order valence-corrected chi connectivity index (χ4v) is 0. The molecule has 0 atom stereocenters. The largest absolute Gasteiger partial charge is 0.312 e. The second-order valence-electron chi connectivity index (χ2n) is 4.28. The fourth-order valence-electron chi connectivity index (χ4n) is 0. The molecule has 12 heavy (non-hydrogen) atoms. The van der Waals surface area contributed by atoms with E-state index in [2.05, 4.69) is 27.4 Å². The highest BCUT2D eigenvalue weighted by Gasteiger charge is 1.68. The zero-order chi connectivity index (χ0) is 10.7. The first-order chi connectivity index (χ1) is 5.20. The van der Waals surface area contributed by atoms with Gasteiger partial charge in [0.25, 0.3) is 0 Å². The third kappa shape index (κ3) is 8160. The van der Waals surface area contributed by atoms with Crippen molar-refractivity contribution in [2.45, 2.75) is 34.6 Å². The summed E-state index contributed by atoms with van der Waals surface area (Å²) in [7, 11) is 6.00. The van der Waals surface area contributed by atoms with E-state index >= 15 is 0 Å². The van der Waals surface area contributed by atoms with E-state index in [9.17, 15) is 0 Å². The zero-order valence-electron chi connectivity index (χ0n) is 10.2. The third-order valence-electron chi connectivity index (χ3n) is 0.